The van der Waals surface area contributed by atoms with Crippen molar-refractivity contribution in [3.8, 4) is 0 Å². The summed E-state index contributed by atoms with van der Waals surface area (Å²) in [5.74, 6) is 0. The van der Waals surface area contributed by atoms with Crippen LogP contribution in [0.1, 0.15) is 20.8 Å². The molecule has 10 saturated heterocycles. The Morgan fingerprint density at radius 2 is 0.930 bits per heavy atom. The van der Waals surface area contributed by atoms with Crippen molar-refractivity contribution in [2.75, 3.05) is 0 Å². The second-order valence-corrected chi connectivity index (χ2v) is 46.1. The van der Waals surface area contributed by atoms with E-state index in [1.54, 1.807) is 21.2 Å². The Labute approximate surface area is 248 Å². The molecule has 14 rings (SSSR count). The molecule has 43 heavy (non-hydrogen) atoms. The van der Waals surface area contributed by atoms with Gasteiger partial charge in [-0.1, -0.05) is 0 Å². The summed E-state index contributed by atoms with van der Waals surface area (Å²) < 4.78 is 4.56. The Morgan fingerprint density at radius 3 is 1.28 bits per heavy atom. The normalized spacial score (nSPS) is 57.0. The van der Waals surface area contributed by atoms with E-state index in [2.05, 4.69) is 147 Å². The molecule has 4 aromatic rings. The second kappa shape index (κ2) is 3.88. The summed E-state index contributed by atoms with van der Waals surface area (Å²) in [7, 11) is -0.937. The molecule has 0 saturated carbocycles. The van der Waals surface area contributed by atoms with Gasteiger partial charge in [0.1, 0.15) is 0 Å². The van der Waals surface area contributed by atoms with E-state index in [1.807, 2.05) is 0 Å². The number of hydrogen-bond donors (Lipinski definition) is 0. The minimum absolute atomic E-state index is 0.341. The van der Waals surface area contributed by atoms with Gasteiger partial charge in [0.15, 0.2) is 0 Å². The number of benzene rings is 4. The van der Waals surface area contributed by atoms with Crippen molar-refractivity contribution in [2.24, 2.45) is 0 Å². The standard InChI is InChI=1S/C34H34NP2.C5H5.Fe/c1-27(2)35(37(31-21-12-6-13-22-31)32-23-14-7-15-24-32)28(3)33-25-16-26-34(33)36(29-17-8-4-9-18-29)30-19-10-5-11-20-30;1-2-4-5-3-1;/h4-28H,1-3H3;1-5H;. The van der Waals surface area contributed by atoms with E-state index in [-0.39, 0.29) is 7.92 Å². The maximum absolute atomic E-state index is 3.89. The van der Waals surface area contributed by atoms with Gasteiger partial charge < -0.3 is 0 Å². The van der Waals surface area contributed by atoms with E-state index in [4.69, 9.17) is 0 Å². The molecule has 10 heterocycles. The average molecular weight is 640 g/mol. The van der Waals surface area contributed by atoms with Crippen LogP contribution in [0.25, 0.3) is 0 Å². The Balaban J connectivity index is 1.05. The predicted molar refractivity (Wildman–Crippen MR) is 180 cm³/mol. The number of rotatable bonds is 9. The third kappa shape index (κ3) is 0.665. The Morgan fingerprint density at radius 1 is 0.535 bits per heavy atom. The van der Waals surface area contributed by atoms with Gasteiger partial charge in [0.05, 0.1) is 0 Å². The second-order valence-electron chi connectivity index (χ2n) is 17.9. The Kier molecular flexibility index (Phi) is 2.05. The molecule has 0 N–H and O–H groups in total. The summed E-state index contributed by atoms with van der Waals surface area (Å²) in [5, 5.41) is 6.51. The van der Waals surface area contributed by atoms with E-state index < -0.39 is 14.6 Å². The molecule has 10 aliphatic rings. The fourth-order valence-electron chi connectivity index (χ4n) is 22.7. The molecule has 1 nitrogen and oxygen atoms in total. The van der Waals surface area contributed by atoms with Crippen molar-refractivity contribution in [2.45, 2.75) is 79.8 Å². The number of nitrogens with zero attached hydrogens (tertiary/aromatic N) is 1. The molecule has 10 aliphatic heterocycles. The first kappa shape index (κ1) is 22.7. The molecule has 4 aromatic carbocycles. The van der Waals surface area contributed by atoms with Crippen LogP contribution in [0.4, 0.5) is 0 Å². The fraction of sp³-hybridized carbons (Fsp3) is 0.385. The molecule has 5 unspecified atom stereocenters. The third-order valence-corrected chi connectivity index (χ3v) is 74.0. The van der Waals surface area contributed by atoms with Gasteiger partial charge in [0.2, 0.25) is 0 Å². The monoisotopic (exact) mass is 639 g/mol. The van der Waals surface area contributed by atoms with Crippen LogP contribution in [0.3, 0.4) is 0 Å². The van der Waals surface area contributed by atoms with Crippen LogP contribution in [-0.2, 0) is 6.51 Å². The van der Waals surface area contributed by atoms with Gasteiger partial charge in [-0.05, 0) is 0 Å². The van der Waals surface area contributed by atoms with Gasteiger partial charge in [-0.25, -0.2) is 0 Å². The van der Waals surface area contributed by atoms with Crippen molar-refractivity contribution in [3.05, 3.63) is 121 Å². The molecular weight excluding hydrogens is 600 g/mol. The molecule has 0 bridgehead atoms. The van der Waals surface area contributed by atoms with Crippen molar-refractivity contribution in [3.63, 3.8) is 0 Å². The van der Waals surface area contributed by atoms with Gasteiger partial charge >= 0.3 is 249 Å². The van der Waals surface area contributed by atoms with Gasteiger partial charge in [-0.2, -0.15) is 0 Å². The third-order valence-electron chi connectivity index (χ3n) is 21.0. The molecule has 10 fully saturated rings. The van der Waals surface area contributed by atoms with E-state index in [1.165, 1.54) is 38.5 Å². The quantitative estimate of drug-likeness (QED) is 0.131. The summed E-state index contributed by atoms with van der Waals surface area (Å²) in [5.41, 5.74) is 0. The molecule has 4 heteroatoms. The summed E-state index contributed by atoms with van der Waals surface area (Å²) in [6.45, 7) is 4.00. The van der Waals surface area contributed by atoms with E-state index in [0.29, 0.717) is 20.5 Å². The van der Waals surface area contributed by atoms with Gasteiger partial charge in [0, 0.05) is 0 Å². The van der Waals surface area contributed by atoms with Crippen molar-refractivity contribution >= 4 is 37.2 Å². The first-order valence-electron chi connectivity index (χ1n) is 16.6. The molecule has 0 aliphatic carbocycles. The summed E-state index contributed by atoms with van der Waals surface area (Å²) in [6, 6.07) is 48.7. The molecule has 6 atom stereocenters. The zero-order valence-corrected chi connectivity index (χ0v) is 27.9. The summed E-state index contributed by atoms with van der Waals surface area (Å²) in [6.07, 6.45) is 0. The SMILES string of the molecule is CC(C)N(C(C)[C@@]12[CH]3[CH]4[CH]5[C]1(P(c1ccccc1)c1ccccc1)[Fe]45321678[CH]2[CH]1[CH]6[CH]7[CH]28)P(c1ccccc1)c1ccccc1. The van der Waals surface area contributed by atoms with Gasteiger partial charge in [-0.15, -0.1) is 0 Å². The molecule has 0 amide bonds. The van der Waals surface area contributed by atoms with Crippen LogP contribution in [-0.4, -0.2) is 20.8 Å². The summed E-state index contributed by atoms with van der Waals surface area (Å²) >= 11 is 0. The fourth-order valence-corrected chi connectivity index (χ4v) is 117. The van der Waals surface area contributed by atoms with Crippen LogP contribution >= 0.6 is 16.0 Å². The molecule has 218 valence electrons. The number of fused-ring (bicyclic) bond motifs is 10. The van der Waals surface area contributed by atoms with Crippen LogP contribution in [0.2, 0.25) is 42.8 Å². The first-order valence-corrected chi connectivity index (χ1v) is 25.5. The van der Waals surface area contributed by atoms with Crippen LogP contribution in [0.5, 0.6) is 0 Å². The van der Waals surface area contributed by atoms with Crippen LogP contribution in [0, 0.1) is 0 Å². The average Bonchev–Trinajstić information content (AvgIpc) is 4.00. The van der Waals surface area contributed by atoms with Gasteiger partial charge in [-0.3, -0.25) is 0 Å². The van der Waals surface area contributed by atoms with E-state index >= 15 is 0 Å². The van der Waals surface area contributed by atoms with Crippen LogP contribution in [0.15, 0.2) is 121 Å². The van der Waals surface area contributed by atoms with Crippen molar-refractivity contribution in [1.82, 2.24) is 4.67 Å². The molecule has 0 aromatic heterocycles. The van der Waals surface area contributed by atoms with Gasteiger partial charge in [0.25, 0.3) is 0 Å². The molecule has 1 spiro atoms. The van der Waals surface area contributed by atoms with E-state index in [0.717, 1.165) is 0 Å². The molecular formula is C39H39FeNP2. The topological polar surface area (TPSA) is 3.24 Å². The molecule has 0 radical (unpaired) electrons. The van der Waals surface area contributed by atoms with E-state index in [9.17, 15) is 0 Å². The Bertz CT molecular complexity index is 2200. The van der Waals surface area contributed by atoms with Crippen molar-refractivity contribution < 1.29 is 6.51 Å². The summed E-state index contributed by atoms with van der Waals surface area (Å²) in [4.78, 5) is 10.1. The van der Waals surface area contributed by atoms with Crippen molar-refractivity contribution in [1.29, 1.82) is 0 Å². The zero-order chi connectivity index (χ0) is 28.3. The first-order chi connectivity index (χ1) is 20.8. The number of hydrogen-bond acceptors (Lipinski definition) is 1. The Hall–Kier alpha value is -1.78. The minimum atomic E-state index is -3.89. The maximum atomic E-state index is 3.16. The zero-order valence-electron chi connectivity index (χ0n) is 25.0. The predicted octanol–water partition coefficient (Wildman–Crippen LogP) is 8.93. The van der Waals surface area contributed by atoms with Crippen LogP contribution < -0.4 is 21.2 Å².